The summed E-state index contributed by atoms with van der Waals surface area (Å²) < 4.78 is 77.2. The predicted molar refractivity (Wildman–Crippen MR) is 101 cm³/mol. The molecule has 0 fully saturated rings. The third-order valence-electron chi connectivity index (χ3n) is 4.32. The Hall–Kier alpha value is -2.89. The molecule has 6 nitrogen and oxygen atoms in total. The standard InChI is InChI=1S/C18H14ClF6N5O/c1-8(13(31)2-3-17(20,21)22)29-16-12(18(23,24)25)7-28-15(30-16)11-6-27-14-10(11)4-9(19)5-26-14/h4-8H,2-3H2,1H3,(H,26,27)(H,28,29,30)/t8-/m0/s1. The highest BCUT2D eigenvalue weighted by atomic mass is 35.5. The van der Waals surface area contributed by atoms with Crippen LogP contribution in [0.25, 0.3) is 22.4 Å². The topological polar surface area (TPSA) is 83.6 Å². The second-order valence-electron chi connectivity index (χ2n) is 6.65. The van der Waals surface area contributed by atoms with Crippen molar-refractivity contribution in [2.75, 3.05) is 5.32 Å². The van der Waals surface area contributed by atoms with E-state index >= 15 is 0 Å². The van der Waals surface area contributed by atoms with Gasteiger partial charge in [0.1, 0.15) is 17.0 Å². The number of H-pyrrole nitrogens is 1. The van der Waals surface area contributed by atoms with Crippen molar-refractivity contribution in [1.82, 2.24) is 19.9 Å². The van der Waals surface area contributed by atoms with Crippen LogP contribution in [0.4, 0.5) is 32.2 Å². The van der Waals surface area contributed by atoms with Gasteiger partial charge in [-0.05, 0) is 13.0 Å². The molecule has 0 bridgehead atoms. The number of nitrogens with one attached hydrogen (secondary N) is 2. The van der Waals surface area contributed by atoms with Crippen molar-refractivity contribution < 1.29 is 31.1 Å². The molecular weight excluding hydrogens is 452 g/mol. The predicted octanol–water partition coefficient (Wildman–Crippen LogP) is 5.40. The normalized spacial score (nSPS) is 13.4. The van der Waals surface area contributed by atoms with Gasteiger partial charge in [-0.15, -0.1) is 0 Å². The van der Waals surface area contributed by atoms with Gasteiger partial charge in [0.05, 0.1) is 17.5 Å². The average molecular weight is 466 g/mol. The van der Waals surface area contributed by atoms with E-state index in [-0.39, 0.29) is 10.8 Å². The second kappa shape index (κ2) is 8.33. The molecule has 0 unspecified atom stereocenters. The number of fused-ring (bicyclic) bond motifs is 1. The summed E-state index contributed by atoms with van der Waals surface area (Å²) in [6, 6.07) is 0.179. The van der Waals surface area contributed by atoms with Gasteiger partial charge < -0.3 is 10.3 Å². The van der Waals surface area contributed by atoms with Crippen LogP contribution >= 0.6 is 11.6 Å². The first-order valence-corrected chi connectivity index (χ1v) is 9.16. The van der Waals surface area contributed by atoms with Gasteiger partial charge in [0.15, 0.2) is 11.6 Å². The van der Waals surface area contributed by atoms with E-state index in [1.807, 2.05) is 0 Å². The molecule has 0 aliphatic rings. The zero-order chi connectivity index (χ0) is 23.0. The summed E-state index contributed by atoms with van der Waals surface area (Å²) in [6.45, 7) is 1.16. The Morgan fingerprint density at radius 2 is 1.90 bits per heavy atom. The molecule has 31 heavy (non-hydrogen) atoms. The van der Waals surface area contributed by atoms with E-state index in [9.17, 15) is 31.1 Å². The Morgan fingerprint density at radius 1 is 1.19 bits per heavy atom. The van der Waals surface area contributed by atoms with Gasteiger partial charge in [0, 0.05) is 36.0 Å². The van der Waals surface area contributed by atoms with Gasteiger partial charge in [-0.25, -0.2) is 15.0 Å². The van der Waals surface area contributed by atoms with Crippen LogP contribution < -0.4 is 5.32 Å². The number of ketones is 1. The first-order valence-electron chi connectivity index (χ1n) is 8.78. The maximum Gasteiger partial charge on any atom is 0.421 e. The third kappa shape index (κ3) is 5.43. The van der Waals surface area contributed by atoms with Crippen LogP contribution in [0.1, 0.15) is 25.3 Å². The van der Waals surface area contributed by atoms with Gasteiger partial charge in [0.25, 0.3) is 0 Å². The Kier molecular flexibility index (Phi) is 6.12. The molecule has 0 saturated heterocycles. The second-order valence-corrected chi connectivity index (χ2v) is 7.09. The Balaban J connectivity index is 1.96. The Labute approximate surface area is 176 Å². The van der Waals surface area contributed by atoms with Crippen LogP contribution in [0.2, 0.25) is 5.02 Å². The average Bonchev–Trinajstić information content (AvgIpc) is 3.07. The number of rotatable bonds is 6. The number of carbonyl (C=O) groups excluding carboxylic acids is 1. The van der Waals surface area contributed by atoms with E-state index in [4.69, 9.17) is 11.6 Å². The molecule has 0 aliphatic carbocycles. The molecule has 0 saturated carbocycles. The Morgan fingerprint density at radius 3 is 2.55 bits per heavy atom. The highest BCUT2D eigenvalue weighted by molar-refractivity contribution is 6.31. The summed E-state index contributed by atoms with van der Waals surface area (Å²) in [7, 11) is 0. The van der Waals surface area contributed by atoms with Crippen LogP contribution in [-0.4, -0.2) is 37.9 Å². The zero-order valence-electron chi connectivity index (χ0n) is 15.7. The molecule has 1 atom stereocenters. The van der Waals surface area contributed by atoms with Gasteiger partial charge in [-0.1, -0.05) is 11.6 Å². The number of hydrogen-bond donors (Lipinski definition) is 2. The lowest BCUT2D eigenvalue weighted by Crippen LogP contribution is -2.29. The summed E-state index contributed by atoms with van der Waals surface area (Å²) in [5.74, 6) is -1.76. The first-order chi connectivity index (χ1) is 14.3. The number of hydrogen-bond acceptors (Lipinski definition) is 5. The molecule has 0 amide bonds. The molecule has 0 aliphatic heterocycles. The molecule has 3 aromatic heterocycles. The van der Waals surface area contributed by atoms with Crippen molar-refractivity contribution in [3.63, 3.8) is 0 Å². The molecule has 0 spiro atoms. The van der Waals surface area contributed by atoms with E-state index in [1.54, 1.807) is 0 Å². The molecule has 2 N–H and O–H groups in total. The minimum atomic E-state index is -4.86. The molecule has 0 radical (unpaired) electrons. The fourth-order valence-electron chi connectivity index (χ4n) is 2.76. The molecule has 166 valence electrons. The van der Waals surface area contributed by atoms with Crippen molar-refractivity contribution in [3.8, 4) is 11.4 Å². The van der Waals surface area contributed by atoms with Crippen LogP contribution in [0.15, 0.2) is 24.7 Å². The third-order valence-corrected chi connectivity index (χ3v) is 4.53. The summed E-state index contributed by atoms with van der Waals surface area (Å²) >= 11 is 5.92. The number of nitrogens with zero attached hydrogens (tertiary/aromatic N) is 3. The van der Waals surface area contributed by atoms with E-state index in [1.165, 1.54) is 18.5 Å². The molecule has 0 aromatic carbocycles. The quantitative estimate of drug-likeness (QED) is 0.476. The maximum absolute atomic E-state index is 13.4. The Bertz CT molecular complexity index is 1110. The number of aromatic nitrogens is 4. The van der Waals surface area contributed by atoms with E-state index in [0.29, 0.717) is 22.8 Å². The van der Waals surface area contributed by atoms with Gasteiger partial charge in [0.2, 0.25) is 0 Å². The highest BCUT2D eigenvalue weighted by Gasteiger charge is 2.36. The van der Waals surface area contributed by atoms with Crippen molar-refractivity contribution in [2.45, 2.75) is 38.2 Å². The monoisotopic (exact) mass is 465 g/mol. The van der Waals surface area contributed by atoms with Crippen LogP contribution in [0, 0.1) is 0 Å². The van der Waals surface area contributed by atoms with Gasteiger partial charge >= 0.3 is 12.4 Å². The maximum atomic E-state index is 13.4. The number of Topliss-reactive ketones (excluding diaryl/α,β-unsaturated/α-hetero) is 1. The minimum Gasteiger partial charge on any atom is -0.360 e. The number of alkyl halides is 6. The molecule has 3 heterocycles. The van der Waals surface area contributed by atoms with Crippen molar-refractivity contribution in [2.24, 2.45) is 0 Å². The first kappa shape index (κ1) is 22.8. The number of aromatic amines is 1. The molecule has 3 rings (SSSR count). The van der Waals surface area contributed by atoms with E-state index < -0.39 is 48.4 Å². The van der Waals surface area contributed by atoms with Crippen molar-refractivity contribution in [1.29, 1.82) is 0 Å². The molecule has 3 aromatic rings. The highest BCUT2D eigenvalue weighted by Crippen LogP contribution is 2.36. The van der Waals surface area contributed by atoms with E-state index in [0.717, 1.165) is 6.92 Å². The van der Waals surface area contributed by atoms with Gasteiger partial charge in [-0.2, -0.15) is 26.3 Å². The lowest BCUT2D eigenvalue weighted by atomic mass is 10.1. The zero-order valence-corrected chi connectivity index (χ0v) is 16.5. The number of halogens is 7. The summed E-state index contributed by atoms with van der Waals surface area (Å²) in [5.41, 5.74) is -0.561. The number of pyridine rings is 1. The lowest BCUT2D eigenvalue weighted by molar-refractivity contribution is -0.143. The smallest absolute Gasteiger partial charge is 0.360 e. The fourth-order valence-corrected chi connectivity index (χ4v) is 2.92. The fraction of sp³-hybridized carbons (Fsp3) is 0.333. The largest absolute Gasteiger partial charge is 0.421 e. The molecular formula is C18H14ClF6N5O. The summed E-state index contributed by atoms with van der Waals surface area (Å²) in [4.78, 5) is 26.5. The lowest BCUT2D eigenvalue weighted by Gasteiger charge is -2.18. The number of carbonyl (C=O) groups is 1. The number of anilines is 1. The van der Waals surface area contributed by atoms with Crippen molar-refractivity contribution >= 4 is 34.2 Å². The van der Waals surface area contributed by atoms with Crippen LogP contribution in [0.5, 0.6) is 0 Å². The van der Waals surface area contributed by atoms with Crippen LogP contribution in [0.3, 0.4) is 0 Å². The minimum absolute atomic E-state index is 0.124. The molecule has 13 heteroatoms. The SMILES string of the molecule is C[C@H](Nc1nc(-c2c[nH]c3ncc(Cl)cc23)ncc1C(F)(F)F)C(=O)CCC(F)(F)F. The van der Waals surface area contributed by atoms with Gasteiger partial charge in [-0.3, -0.25) is 4.79 Å². The summed E-state index contributed by atoms with van der Waals surface area (Å²) in [5, 5.41) is 3.01. The summed E-state index contributed by atoms with van der Waals surface area (Å²) in [6.07, 6.45) is -8.32. The van der Waals surface area contributed by atoms with Crippen molar-refractivity contribution in [3.05, 3.63) is 35.2 Å². The van der Waals surface area contributed by atoms with E-state index in [2.05, 4.69) is 25.3 Å². The van der Waals surface area contributed by atoms with Crippen LogP contribution in [-0.2, 0) is 11.0 Å².